The number of nitrogens with zero attached hydrogens (tertiary/aromatic N) is 1. The van der Waals surface area contributed by atoms with Crippen LogP contribution in [-0.4, -0.2) is 56.5 Å². The first-order valence-corrected chi connectivity index (χ1v) is 21.5. The van der Waals surface area contributed by atoms with Gasteiger partial charge >= 0.3 is 19.9 Å². The number of carbonyl (C=O) groups excluding carboxylic acids is 2. The summed E-state index contributed by atoms with van der Waals surface area (Å²) in [4.78, 5) is 47.7. The van der Waals surface area contributed by atoms with Crippen LogP contribution in [0.2, 0.25) is 56.4 Å². The smallest absolute Gasteiger partial charge is 0.404 e. The lowest BCUT2D eigenvalue weighted by Gasteiger charge is -2.35. The Morgan fingerprint density at radius 1 is 1.08 bits per heavy atom. The fraction of sp³-hybridized carbons (Fsp3) is 0.458. The molecule has 2 rings (SSSR count). The zero-order valence-electron chi connectivity index (χ0n) is 22.9. The lowest BCUT2D eigenvalue weighted by molar-refractivity contribution is -0.364. The number of phosphoric ester groups is 1. The van der Waals surface area contributed by atoms with E-state index in [1.54, 1.807) is 0 Å². The van der Waals surface area contributed by atoms with Crippen molar-refractivity contribution in [1.82, 2.24) is 4.98 Å². The maximum atomic E-state index is 13.2. The van der Waals surface area contributed by atoms with Crippen molar-refractivity contribution >= 4 is 53.6 Å². The van der Waals surface area contributed by atoms with Crippen LogP contribution in [0.1, 0.15) is 16.1 Å². The van der Waals surface area contributed by atoms with Gasteiger partial charge in [-0.05, 0) is 36.4 Å². The molecule has 0 aliphatic carbocycles. The molecule has 1 aromatic carbocycles. The average molecular weight is 619 g/mol. The summed E-state index contributed by atoms with van der Waals surface area (Å²) in [5.41, 5.74) is -0.0620. The van der Waals surface area contributed by atoms with Crippen molar-refractivity contribution in [3.8, 4) is 5.75 Å². The van der Waals surface area contributed by atoms with E-state index in [0.717, 1.165) is 0 Å². The van der Waals surface area contributed by atoms with Gasteiger partial charge in [0.15, 0.2) is 6.29 Å². The molecule has 0 spiro atoms. The van der Waals surface area contributed by atoms with Gasteiger partial charge in [0.05, 0.1) is 24.5 Å². The summed E-state index contributed by atoms with van der Waals surface area (Å²) in [5, 5.41) is 2.57. The van der Waals surface area contributed by atoms with E-state index in [1.165, 1.54) is 36.5 Å². The first kappa shape index (κ1) is 33.1. The van der Waals surface area contributed by atoms with E-state index in [2.05, 4.69) is 49.6 Å². The Labute approximate surface area is 235 Å². The number of aldehydes is 1. The SMILES string of the molecule is C[Si](C)(C)CCOC(OCC[Si](C)(C)C)(OC(=O)Nc1cccnc1C=O)c1ccc(Cl)cc1OP(=O)(O)O. The number of amides is 1. The highest BCUT2D eigenvalue weighted by Gasteiger charge is 2.44. The summed E-state index contributed by atoms with van der Waals surface area (Å²) in [7, 11) is -8.36. The molecule has 39 heavy (non-hydrogen) atoms. The van der Waals surface area contributed by atoms with Gasteiger partial charge in [-0.3, -0.25) is 24.9 Å². The highest BCUT2D eigenvalue weighted by Crippen LogP contribution is 2.45. The number of pyridine rings is 1. The van der Waals surface area contributed by atoms with E-state index in [9.17, 15) is 23.9 Å². The molecule has 0 aliphatic rings. The highest BCUT2D eigenvalue weighted by molar-refractivity contribution is 7.46. The molecule has 0 bridgehead atoms. The van der Waals surface area contributed by atoms with E-state index < -0.39 is 36.0 Å². The molecule has 0 unspecified atom stereocenters. The summed E-state index contributed by atoms with van der Waals surface area (Å²) in [6.45, 7) is 13.0. The standard InChI is InChI=1S/C24H36ClN2O9PSi2/c1-38(2,3)14-12-33-24(34-13-15-39(4,5)6,19-10-9-18(25)16-22(19)36-37(30,31)32)35-23(29)27-20-8-7-11-26-21(20)17-28/h7-11,16-17H,12-15H2,1-6H3,(H,27,29)(H2,30,31,32). The van der Waals surface area contributed by atoms with Gasteiger partial charge in [0.25, 0.3) is 0 Å². The summed E-state index contributed by atoms with van der Waals surface area (Å²) in [5.74, 6) is -2.67. The van der Waals surface area contributed by atoms with Gasteiger partial charge in [-0.25, -0.2) is 9.36 Å². The zero-order chi connectivity index (χ0) is 29.5. The fourth-order valence-corrected chi connectivity index (χ4v) is 5.12. The first-order valence-electron chi connectivity index (χ1n) is 12.2. The molecular formula is C24H36ClN2O9PSi2. The van der Waals surface area contributed by atoms with Crippen molar-refractivity contribution in [2.45, 2.75) is 57.3 Å². The van der Waals surface area contributed by atoms with Crippen LogP contribution in [0.4, 0.5) is 10.5 Å². The molecule has 0 saturated heterocycles. The number of benzene rings is 1. The molecule has 0 atom stereocenters. The third kappa shape index (κ3) is 11.5. The number of hydrogen-bond acceptors (Lipinski definition) is 8. The van der Waals surface area contributed by atoms with Crippen LogP contribution in [0.3, 0.4) is 0 Å². The third-order valence-corrected chi connectivity index (χ3v) is 9.27. The lowest BCUT2D eigenvalue weighted by Crippen LogP contribution is -2.42. The minimum Gasteiger partial charge on any atom is -0.404 e. The molecule has 15 heteroatoms. The number of halogens is 1. The molecule has 216 valence electrons. The van der Waals surface area contributed by atoms with Gasteiger partial charge in [-0.2, -0.15) is 0 Å². The van der Waals surface area contributed by atoms with Crippen LogP contribution in [0.25, 0.3) is 0 Å². The molecule has 1 heterocycles. The number of ether oxygens (including phenoxy) is 3. The maximum absolute atomic E-state index is 13.2. The monoisotopic (exact) mass is 618 g/mol. The minimum absolute atomic E-state index is 0.0311. The number of carbonyl (C=O) groups is 2. The number of anilines is 1. The Morgan fingerprint density at radius 3 is 2.18 bits per heavy atom. The van der Waals surface area contributed by atoms with Crippen molar-refractivity contribution in [2.24, 2.45) is 0 Å². The fourth-order valence-electron chi connectivity index (χ4n) is 3.12. The van der Waals surface area contributed by atoms with Crippen LogP contribution in [-0.2, 0) is 24.7 Å². The Kier molecular flexibility index (Phi) is 11.5. The Morgan fingerprint density at radius 2 is 1.67 bits per heavy atom. The van der Waals surface area contributed by atoms with Crippen LogP contribution in [0.5, 0.6) is 5.75 Å². The number of aromatic nitrogens is 1. The zero-order valence-corrected chi connectivity index (χ0v) is 26.5. The number of nitrogens with one attached hydrogen (secondary N) is 1. The summed E-state index contributed by atoms with van der Waals surface area (Å²) < 4.78 is 34.8. The molecule has 11 nitrogen and oxygen atoms in total. The van der Waals surface area contributed by atoms with Crippen LogP contribution in [0, 0.1) is 0 Å². The third-order valence-electron chi connectivity index (χ3n) is 5.19. The van der Waals surface area contributed by atoms with E-state index in [0.29, 0.717) is 18.4 Å². The van der Waals surface area contributed by atoms with Crippen LogP contribution in [0.15, 0.2) is 36.5 Å². The van der Waals surface area contributed by atoms with Gasteiger partial charge in [0, 0.05) is 33.4 Å². The van der Waals surface area contributed by atoms with Gasteiger partial charge in [-0.15, -0.1) is 0 Å². The Bertz CT molecular complexity index is 1180. The topological polar surface area (TPSA) is 154 Å². The van der Waals surface area contributed by atoms with Gasteiger partial charge in [0.2, 0.25) is 0 Å². The summed E-state index contributed by atoms with van der Waals surface area (Å²) >= 11 is 6.11. The second-order valence-electron chi connectivity index (χ2n) is 11.2. The molecule has 0 fully saturated rings. The maximum Gasteiger partial charge on any atom is 0.524 e. The van der Waals surface area contributed by atoms with Crippen molar-refractivity contribution in [3.63, 3.8) is 0 Å². The number of rotatable bonds is 14. The van der Waals surface area contributed by atoms with Crippen molar-refractivity contribution in [2.75, 3.05) is 18.5 Å². The molecule has 1 aromatic heterocycles. The number of phosphoric acid groups is 1. The quantitative estimate of drug-likeness (QED) is 0.0981. The molecular weight excluding hydrogens is 583 g/mol. The Hall–Kier alpha value is -2.10. The molecule has 3 N–H and O–H groups in total. The average Bonchev–Trinajstić information content (AvgIpc) is 2.76. The van der Waals surface area contributed by atoms with E-state index in [4.69, 9.17) is 30.3 Å². The van der Waals surface area contributed by atoms with Crippen LogP contribution < -0.4 is 9.84 Å². The predicted octanol–water partition coefficient (Wildman–Crippen LogP) is 6.09. The summed E-state index contributed by atoms with van der Waals surface area (Å²) in [6.07, 6.45) is 0.801. The molecule has 0 radical (unpaired) electrons. The van der Waals surface area contributed by atoms with E-state index in [-0.39, 0.29) is 40.9 Å². The van der Waals surface area contributed by atoms with Crippen molar-refractivity contribution in [3.05, 3.63) is 52.8 Å². The lowest BCUT2D eigenvalue weighted by atomic mass is 10.1. The highest BCUT2D eigenvalue weighted by atomic mass is 35.5. The second-order valence-corrected chi connectivity index (χ2v) is 24.0. The number of hydrogen-bond donors (Lipinski definition) is 3. The van der Waals surface area contributed by atoms with Crippen molar-refractivity contribution in [1.29, 1.82) is 0 Å². The van der Waals surface area contributed by atoms with E-state index >= 15 is 0 Å². The summed E-state index contributed by atoms with van der Waals surface area (Å²) in [6, 6.07) is 8.23. The van der Waals surface area contributed by atoms with Crippen molar-refractivity contribution < 1.29 is 42.7 Å². The normalized spacial score (nSPS) is 12.6. The van der Waals surface area contributed by atoms with Crippen LogP contribution >= 0.6 is 19.4 Å². The molecule has 2 aromatic rings. The molecule has 1 amide bonds. The first-order chi connectivity index (χ1) is 17.9. The second kappa shape index (κ2) is 13.5. The van der Waals surface area contributed by atoms with E-state index in [1.807, 2.05) is 0 Å². The van der Waals surface area contributed by atoms with Gasteiger partial charge in [0.1, 0.15) is 11.4 Å². The largest absolute Gasteiger partial charge is 0.524 e. The van der Waals surface area contributed by atoms with Gasteiger partial charge in [-0.1, -0.05) is 50.9 Å². The Balaban J connectivity index is 2.61. The molecule has 0 aliphatic heterocycles. The molecule has 0 saturated carbocycles. The van der Waals surface area contributed by atoms with Gasteiger partial charge < -0.3 is 18.7 Å². The minimum atomic E-state index is -5.07. The predicted molar refractivity (Wildman–Crippen MR) is 154 cm³/mol.